The van der Waals surface area contributed by atoms with E-state index < -0.39 is 11.8 Å². The molecule has 0 bridgehead atoms. The van der Waals surface area contributed by atoms with Crippen molar-refractivity contribution in [3.63, 3.8) is 0 Å². The summed E-state index contributed by atoms with van der Waals surface area (Å²) in [5.74, 6) is -1.45. The van der Waals surface area contributed by atoms with E-state index in [1.165, 1.54) is 0 Å². The summed E-state index contributed by atoms with van der Waals surface area (Å²) in [6.07, 6.45) is 0.106. The highest BCUT2D eigenvalue weighted by molar-refractivity contribution is 9.10. The first-order valence-electron chi connectivity index (χ1n) is 7.86. The molecular formula is C18H15Br2N3O3. The second-order valence-electron chi connectivity index (χ2n) is 5.84. The highest BCUT2D eigenvalue weighted by Crippen LogP contribution is 2.26. The minimum absolute atomic E-state index is 0.106. The number of nitrogens with zero attached hydrogens (tertiary/aromatic N) is 1. The Balaban J connectivity index is 1.58. The Bertz CT molecular complexity index is 855. The van der Waals surface area contributed by atoms with E-state index in [0.29, 0.717) is 5.56 Å². The van der Waals surface area contributed by atoms with E-state index in [-0.39, 0.29) is 24.8 Å². The maximum absolute atomic E-state index is 12.3. The first-order valence-corrected chi connectivity index (χ1v) is 9.44. The van der Waals surface area contributed by atoms with Crippen molar-refractivity contribution in [3.05, 3.63) is 63.0 Å². The molecule has 6 nitrogen and oxygen atoms in total. The zero-order valence-electron chi connectivity index (χ0n) is 13.5. The van der Waals surface area contributed by atoms with Gasteiger partial charge in [0, 0.05) is 33.2 Å². The van der Waals surface area contributed by atoms with Crippen LogP contribution < -0.4 is 15.8 Å². The van der Waals surface area contributed by atoms with Crippen LogP contribution in [0.2, 0.25) is 0 Å². The van der Waals surface area contributed by atoms with Gasteiger partial charge in [-0.2, -0.15) is 0 Å². The quantitative estimate of drug-likeness (QED) is 0.663. The summed E-state index contributed by atoms with van der Waals surface area (Å²) >= 11 is 6.64. The van der Waals surface area contributed by atoms with Gasteiger partial charge in [0.15, 0.2) is 0 Å². The van der Waals surface area contributed by atoms with Gasteiger partial charge >= 0.3 is 0 Å². The van der Waals surface area contributed by atoms with Gasteiger partial charge in [-0.25, -0.2) is 0 Å². The van der Waals surface area contributed by atoms with E-state index in [0.717, 1.165) is 14.6 Å². The lowest BCUT2D eigenvalue weighted by Crippen LogP contribution is -2.45. The van der Waals surface area contributed by atoms with Crippen molar-refractivity contribution >= 4 is 55.3 Å². The van der Waals surface area contributed by atoms with Crippen molar-refractivity contribution in [2.75, 3.05) is 11.4 Å². The number of carbonyl (C=O) groups excluding carboxylic acids is 3. The van der Waals surface area contributed by atoms with Crippen LogP contribution in [0.5, 0.6) is 0 Å². The van der Waals surface area contributed by atoms with E-state index in [4.69, 9.17) is 0 Å². The summed E-state index contributed by atoms with van der Waals surface area (Å²) in [7, 11) is 0. The first kappa shape index (κ1) is 18.6. The molecule has 1 heterocycles. The van der Waals surface area contributed by atoms with Gasteiger partial charge in [-0.05, 0) is 42.5 Å². The van der Waals surface area contributed by atoms with Crippen LogP contribution in [0.25, 0.3) is 0 Å². The van der Waals surface area contributed by atoms with Gasteiger partial charge < -0.3 is 4.90 Å². The van der Waals surface area contributed by atoms with Crippen molar-refractivity contribution in [2.45, 2.75) is 6.42 Å². The number of halogens is 2. The van der Waals surface area contributed by atoms with Crippen LogP contribution in [0.15, 0.2) is 57.5 Å². The van der Waals surface area contributed by atoms with Gasteiger partial charge in [-0.15, -0.1) is 0 Å². The second-order valence-corrected chi connectivity index (χ2v) is 7.67. The van der Waals surface area contributed by atoms with E-state index >= 15 is 0 Å². The largest absolute Gasteiger partial charge is 0.312 e. The van der Waals surface area contributed by atoms with E-state index in [9.17, 15) is 14.4 Å². The summed E-state index contributed by atoms with van der Waals surface area (Å²) in [5.41, 5.74) is 5.95. The minimum Gasteiger partial charge on any atom is -0.312 e. The van der Waals surface area contributed by atoms with Crippen LogP contribution in [0.4, 0.5) is 5.69 Å². The molecule has 0 unspecified atom stereocenters. The number of anilines is 1. The van der Waals surface area contributed by atoms with Gasteiger partial charge in [-0.1, -0.05) is 37.9 Å². The van der Waals surface area contributed by atoms with Crippen molar-refractivity contribution in [3.8, 4) is 0 Å². The topological polar surface area (TPSA) is 78.5 Å². The number of nitrogens with one attached hydrogen (secondary N) is 2. The fourth-order valence-electron chi connectivity index (χ4n) is 2.68. The SMILES string of the molecule is O=C(NNC(=O)[C@H]1CC(=O)N(c2ccc(Br)cc2)C1)c1cccc(Br)c1. The zero-order valence-corrected chi connectivity index (χ0v) is 16.7. The summed E-state index contributed by atoms with van der Waals surface area (Å²) in [4.78, 5) is 38.2. The standard InChI is InChI=1S/C18H15Br2N3O3/c19-13-4-6-15(7-5-13)23-10-12(9-16(23)24)18(26)22-21-17(25)11-2-1-3-14(20)8-11/h1-8,12H,9-10H2,(H,21,25)(H,22,26)/t12-/m0/s1. The Morgan fingerprint density at radius 1 is 1.00 bits per heavy atom. The molecule has 0 aromatic heterocycles. The number of amides is 3. The minimum atomic E-state index is -0.519. The number of carbonyl (C=O) groups is 3. The molecule has 1 fully saturated rings. The average Bonchev–Trinajstić information content (AvgIpc) is 3.02. The molecule has 2 N–H and O–H groups in total. The fraction of sp³-hybridized carbons (Fsp3) is 0.167. The number of rotatable bonds is 3. The van der Waals surface area contributed by atoms with Gasteiger partial charge in [0.05, 0.1) is 5.92 Å². The summed E-state index contributed by atoms with van der Waals surface area (Å²) < 4.78 is 1.68. The van der Waals surface area contributed by atoms with Gasteiger partial charge in [0.1, 0.15) is 0 Å². The van der Waals surface area contributed by atoms with Gasteiger partial charge in [0.25, 0.3) is 5.91 Å². The van der Waals surface area contributed by atoms with Crippen LogP contribution in [0, 0.1) is 5.92 Å². The zero-order chi connectivity index (χ0) is 18.7. The van der Waals surface area contributed by atoms with Crippen molar-refractivity contribution < 1.29 is 14.4 Å². The number of hydrazine groups is 1. The summed E-state index contributed by atoms with van der Waals surface area (Å²) in [6.45, 7) is 0.277. The van der Waals surface area contributed by atoms with Crippen molar-refractivity contribution in [2.24, 2.45) is 5.92 Å². The van der Waals surface area contributed by atoms with Gasteiger partial charge in [0.2, 0.25) is 11.8 Å². The maximum atomic E-state index is 12.3. The highest BCUT2D eigenvalue weighted by Gasteiger charge is 2.35. The lowest BCUT2D eigenvalue weighted by Gasteiger charge is -2.17. The summed E-state index contributed by atoms with van der Waals surface area (Å²) in [6, 6.07) is 14.1. The smallest absolute Gasteiger partial charge is 0.269 e. The molecule has 0 radical (unpaired) electrons. The Hall–Kier alpha value is -2.19. The third kappa shape index (κ3) is 4.31. The molecule has 1 aliphatic rings. The number of hydrogen-bond donors (Lipinski definition) is 2. The monoisotopic (exact) mass is 479 g/mol. The molecule has 1 saturated heterocycles. The lowest BCUT2D eigenvalue weighted by atomic mass is 10.1. The van der Waals surface area contributed by atoms with Crippen LogP contribution in [-0.2, 0) is 9.59 Å². The molecule has 8 heteroatoms. The molecule has 2 aromatic carbocycles. The average molecular weight is 481 g/mol. The Labute approximate surface area is 167 Å². The molecule has 0 saturated carbocycles. The lowest BCUT2D eigenvalue weighted by molar-refractivity contribution is -0.126. The number of benzene rings is 2. The Morgan fingerprint density at radius 3 is 2.42 bits per heavy atom. The van der Waals surface area contributed by atoms with E-state index in [1.54, 1.807) is 29.2 Å². The van der Waals surface area contributed by atoms with E-state index in [2.05, 4.69) is 42.7 Å². The normalized spacial score (nSPS) is 16.5. The van der Waals surface area contributed by atoms with Gasteiger partial charge in [-0.3, -0.25) is 25.2 Å². The first-order chi connectivity index (χ1) is 12.4. The predicted octanol–water partition coefficient (Wildman–Crippen LogP) is 3.03. The van der Waals surface area contributed by atoms with Crippen LogP contribution in [0.3, 0.4) is 0 Å². The van der Waals surface area contributed by atoms with Crippen LogP contribution >= 0.6 is 31.9 Å². The maximum Gasteiger partial charge on any atom is 0.269 e. The molecular weight excluding hydrogens is 466 g/mol. The third-order valence-corrected chi connectivity index (χ3v) is 5.04. The summed E-state index contributed by atoms with van der Waals surface area (Å²) in [5, 5.41) is 0. The molecule has 2 aromatic rings. The molecule has 1 atom stereocenters. The molecule has 3 amide bonds. The molecule has 0 spiro atoms. The third-order valence-electron chi connectivity index (χ3n) is 4.02. The highest BCUT2D eigenvalue weighted by atomic mass is 79.9. The second kappa shape index (κ2) is 8.01. The van der Waals surface area contributed by atoms with Crippen molar-refractivity contribution in [1.29, 1.82) is 0 Å². The molecule has 0 aliphatic carbocycles. The van der Waals surface area contributed by atoms with Crippen molar-refractivity contribution in [1.82, 2.24) is 10.9 Å². The van der Waals surface area contributed by atoms with E-state index in [1.807, 2.05) is 24.3 Å². The Morgan fingerprint density at radius 2 is 1.73 bits per heavy atom. The molecule has 3 rings (SSSR count). The van der Waals surface area contributed by atoms with Crippen LogP contribution in [0.1, 0.15) is 16.8 Å². The van der Waals surface area contributed by atoms with Crippen LogP contribution in [-0.4, -0.2) is 24.3 Å². The molecule has 26 heavy (non-hydrogen) atoms. The predicted molar refractivity (Wildman–Crippen MR) is 104 cm³/mol. The molecule has 1 aliphatic heterocycles. The molecule has 134 valence electrons. The fourth-order valence-corrected chi connectivity index (χ4v) is 3.34. The number of hydrogen-bond acceptors (Lipinski definition) is 3. The Kier molecular flexibility index (Phi) is 5.73.